The number of halogens is 2. The Labute approximate surface area is 126 Å². The number of likely N-dealkylation sites (N-methyl/N-ethyl adjacent to an activating group) is 1. The number of benzene rings is 1. The lowest BCUT2D eigenvalue weighted by Gasteiger charge is -2.20. The lowest BCUT2D eigenvalue weighted by molar-refractivity contribution is -0.134. The summed E-state index contributed by atoms with van der Waals surface area (Å²) < 4.78 is 13.5. The van der Waals surface area contributed by atoms with Crippen LogP contribution in [0, 0.1) is 11.7 Å². The van der Waals surface area contributed by atoms with Crippen molar-refractivity contribution < 1.29 is 19.1 Å². The molecule has 1 unspecified atom stereocenters. The summed E-state index contributed by atoms with van der Waals surface area (Å²) in [6, 6.07) is 4.12. The predicted octanol–water partition coefficient (Wildman–Crippen LogP) is 1.28. The molecule has 0 saturated carbocycles. The van der Waals surface area contributed by atoms with Gasteiger partial charge in [0.25, 0.3) is 0 Å². The Kier molecular flexibility index (Phi) is 4.80. The minimum atomic E-state index is -0.603. The molecule has 2 amide bonds. The molecule has 1 aliphatic rings. The SMILES string of the molecule is CN(CCO)C(=O)C1CC(=O)N(c2ccc(Cl)c(F)c2)C1. The molecule has 7 heteroatoms. The molecule has 21 heavy (non-hydrogen) atoms. The third kappa shape index (κ3) is 3.33. The maximum atomic E-state index is 13.5. The van der Waals surface area contributed by atoms with Crippen LogP contribution >= 0.6 is 11.6 Å². The van der Waals surface area contributed by atoms with Crippen LogP contribution in [-0.2, 0) is 9.59 Å². The summed E-state index contributed by atoms with van der Waals surface area (Å²) in [5.41, 5.74) is 0.391. The van der Waals surface area contributed by atoms with Crippen molar-refractivity contribution in [2.75, 3.05) is 31.6 Å². The fraction of sp³-hybridized carbons (Fsp3) is 0.429. The largest absolute Gasteiger partial charge is 0.395 e. The second kappa shape index (κ2) is 6.41. The summed E-state index contributed by atoms with van der Waals surface area (Å²) >= 11 is 5.62. The number of carbonyl (C=O) groups excluding carboxylic acids is 2. The van der Waals surface area contributed by atoms with E-state index in [1.807, 2.05) is 0 Å². The molecule has 0 radical (unpaired) electrons. The van der Waals surface area contributed by atoms with Crippen LogP contribution in [0.15, 0.2) is 18.2 Å². The van der Waals surface area contributed by atoms with E-state index in [2.05, 4.69) is 0 Å². The highest BCUT2D eigenvalue weighted by molar-refractivity contribution is 6.30. The number of hydrogen-bond acceptors (Lipinski definition) is 3. The number of carbonyl (C=O) groups is 2. The molecule has 1 saturated heterocycles. The minimum Gasteiger partial charge on any atom is -0.395 e. The number of aliphatic hydroxyl groups excluding tert-OH is 1. The second-order valence-corrected chi connectivity index (χ2v) is 5.39. The van der Waals surface area contributed by atoms with E-state index in [0.29, 0.717) is 5.69 Å². The van der Waals surface area contributed by atoms with Gasteiger partial charge in [-0.15, -0.1) is 0 Å². The van der Waals surface area contributed by atoms with Gasteiger partial charge >= 0.3 is 0 Å². The van der Waals surface area contributed by atoms with E-state index < -0.39 is 11.7 Å². The Morgan fingerprint density at radius 2 is 2.29 bits per heavy atom. The molecule has 1 aromatic rings. The van der Waals surface area contributed by atoms with Crippen LogP contribution < -0.4 is 4.90 Å². The third-order valence-electron chi connectivity index (χ3n) is 3.50. The maximum Gasteiger partial charge on any atom is 0.227 e. The molecule has 0 aliphatic carbocycles. The molecular formula is C14H16ClFN2O3. The summed E-state index contributed by atoms with van der Waals surface area (Å²) in [6.07, 6.45) is 0.0822. The lowest BCUT2D eigenvalue weighted by Crippen LogP contribution is -2.36. The molecule has 1 atom stereocenters. The molecule has 1 N–H and O–H groups in total. The van der Waals surface area contributed by atoms with Crippen molar-refractivity contribution in [1.82, 2.24) is 4.90 Å². The van der Waals surface area contributed by atoms with Crippen LogP contribution in [0.25, 0.3) is 0 Å². The highest BCUT2D eigenvalue weighted by atomic mass is 35.5. The van der Waals surface area contributed by atoms with E-state index in [1.165, 1.54) is 21.9 Å². The topological polar surface area (TPSA) is 60.9 Å². The van der Waals surface area contributed by atoms with Crippen LogP contribution in [0.1, 0.15) is 6.42 Å². The molecule has 114 valence electrons. The van der Waals surface area contributed by atoms with E-state index in [9.17, 15) is 14.0 Å². The van der Waals surface area contributed by atoms with Gasteiger partial charge in [0.15, 0.2) is 0 Å². The van der Waals surface area contributed by atoms with E-state index in [0.717, 1.165) is 0 Å². The molecule has 0 bridgehead atoms. The fourth-order valence-electron chi connectivity index (χ4n) is 2.35. The van der Waals surface area contributed by atoms with Crippen molar-refractivity contribution in [2.45, 2.75) is 6.42 Å². The van der Waals surface area contributed by atoms with E-state index in [4.69, 9.17) is 16.7 Å². The van der Waals surface area contributed by atoms with Crippen LogP contribution in [0.2, 0.25) is 5.02 Å². The first-order valence-electron chi connectivity index (χ1n) is 6.55. The minimum absolute atomic E-state index is 0.0132. The van der Waals surface area contributed by atoms with E-state index in [1.54, 1.807) is 13.1 Å². The van der Waals surface area contributed by atoms with Crippen LogP contribution in [-0.4, -0.2) is 48.6 Å². The Morgan fingerprint density at radius 1 is 1.57 bits per heavy atom. The summed E-state index contributed by atoms with van der Waals surface area (Å²) in [7, 11) is 1.58. The molecule has 0 spiro atoms. The lowest BCUT2D eigenvalue weighted by atomic mass is 10.1. The van der Waals surface area contributed by atoms with Gasteiger partial charge in [0.2, 0.25) is 11.8 Å². The Morgan fingerprint density at radius 3 is 2.90 bits per heavy atom. The second-order valence-electron chi connectivity index (χ2n) is 4.99. The quantitative estimate of drug-likeness (QED) is 0.911. The summed E-state index contributed by atoms with van der Waals surface area (Å²) in [5, 5.41) is 8.83. The van der Waals surface area contributed by atoms with Crippen molar-refractivity contribution in [1.29, 1.82) is 0 Å². The van der Waals surface area contributed by atoms with Crippen molar-refractivity contribution in [3.63, 3.8) is 0 Å². The number of hydrogen-bond donors (Lipinski definition) is 1. The monoisotopic (exact) mass is 314 g/mol. The predicted molar refractivity (Wildman–Crippen MR) is 76.6 cm³/mol. The first-order valence-corrected chi connectivity index (χ1v) is 6.93. The van der Waals surface area contributed by atoms with Gasteiger partial charge in [-0.05, 0) is 18.2 Å². The number of rotatable bonds is 4. The van der Waals surface area contributed by atoms with Gasteiger partial charge in [-0.1, -0.05) is 11.6 Å². The average Bonchev–Trinajstić information content (AvgIpc) is 2.83. The summed E-state index contributed by atoms with van der Waals surface area (Å²) in [5.74, 6) is -1.51. The zero-order valence-electron chi connectivity index (χ0n) is 11.6. The average molecular weight is 315 g/mol. The van der Waals surface area contributed by atoms with Gasteiger partial charge in [-0.25, -0.2) is 4.39 Å². The Balaban J connectivity index is 2.12. The van der Waals surface area contributed by atoms with Gasteiger partial charge < -0.3 is 14.9 Å². The van der Waals surface area contributed by atoms with Crippen molar-refractivity contribution in [3.05, 3.63) is 29.0 Å². The van der Waals surface area contributed by atoms with Crippen molar-refractivity contribution >= 4 is 29.1 Å². The molecule has 5 nitrogen and oxygen atoms in total. The zero-order valence-corrected chi connectivity index (χ0v) is 12.3. The molecule has 2 rings (SSSR count). The summed E-state index contributed by atoms with van der Waals surface area (Å²) in [6.45, 7) is 0.294. The number of nitrogens with zero attached hydrogens (tertiary/aromatic N) is 2. The van der Waals surface area contributed by atoms with E-state index >= 15 is 0 Å². The van der Waals surface area contributed by atoms with E-state index in [-0.39, 0.29) is 43.0 Å². The molecule has 1 fully saturated rings. The maximum absolute atomic E-state index is 13.5. The smallest absolute Gasteiger partial charge is 0.227 e. The first-order chi connectivity index (χ1) is 9.93. The third-order valence-corrected chi connectivity index (χ3v) is 3.81. The fourth-order valence-corrected chi connectivity index (χ4v) is 2.46. The van der Waals surface area contributed by atoms with Gasteiger partial charge in [-0.3, -0.25) is 9.59 Å². The highest BCUT2D eigenvalue weighted by Gasteiger charge is 2.36. The zero-order chi connectivity index (χ0) is 15.6. The van der Waals surface area contributed by atoms with Gasteiger partial charge in [0, 0.05) is 32.2 Å². The standard InChI is InChI=1S/C14H16ClFN2O3/c1-17(4-5-19)14(21)9-6-13(20)18(8-9)10-2-3-11(15)12(16)7-10/h2-3,7,9,19H,4-6,8H2,1H3. The Bertz CT molecular complexity index is 567. The van der Waals surface area contributed by atoms with Crippen molar-refractivity contribution in [3.8, 4) is 0 Å². The number of amides is 2. The van der Waals surface area contributed by atoms with Crippen molar-refractivity contribution in [2.24, 2.45) is 5.92 Å². The molecule has 1 aliphatic heterocycles. The van der Waals surface area contributed by atoms with Gasteiger partial charge in [0.05, 0.1) is 17.5 Å². The molecule has 0 aromatic heterocycles. The molecular weight excluding hydrogens is 299 g/mol. The van der Waals surface area contributed by atoms with Gasteiger partial charge in [0.1, 0.15) is 5.82 Å². The Hall–Kier alpha value is -1.66. The van der Waals surface area contributed by atoms with Crippen LogP contribution in [0.5, 0.6) is 0 Å². The first kappa shape index (κ1) is 15.7. The van der Waals surface area contributed by atoms with Gasteiger partial charge in [-0.2, -0.15) is 0 Å². The number of anilines is 1. The number of aliphatic hydroxyl groups is 1. The molecule has 1 heterocycles. The van der Waals surface area contributed by atoms with Crippen LogP contribution in [0.4, 0.5) is 10.1 Å². The normalized spacial score (nSPS) is 18.2. The molecule has 1 aromatic carbocycles. The highest BCUT2D eigenvalue weighted by Crippen LogP contribution is 2.28. The van der Waals surface area contributed by atoms with Crippen LogP contribution in [0.3, 0.4) is 0 Å². The summed E-state index contributed by atoms with van der Waals surface area (Å²) in [4.78, 5) is 26.9.